The van der Waals surface area contributed by atoms with E-state index in [0.29, 0.717) is 11.3 Å². The molecular weight excluding hydrogens is 326 g/mol. The number of aromatic nitrogens is 2. The number of esters is 1. The minimum absolute atomic E-state index is 0.0786. The van der Waals surface area contributed by atoms with E-state index in [1.54, 1.807) is 10.6 Å². The molecule has 0 radical (unpaired) electrons. The van der Waals surface area contributed by atoms with Crippen LogP contribution in [0.5, 0.6) is 0 Å². The van der Waals surface area contributed by atoms with E-state index >= 15 is 0 Å². The first-order chi connectivity index (χ1) is 11.6. The number of aryl methyl sites for hydroxylation is 1. The van der Waals surface area contributed by atoms with E-state index < -0.39 is 6.04 Å². The molecule has 0 aliphatic rings. The van der Waals surface area contributed by atoms with Crippen LogP contribution in [0.15, 0.2) is 42.0 Å². The fourth-order valence-corrected chi connectivity index (χ4v) is 3.17. The molecule has 24 heavy (non-hydrogen) atoms. The summed E-state index contributed by atoms with van der Waals surface area (Å²) in [5.74, 6) is -0.696. The third kappa shape index (κ3) is 3.46. The molecule has 0 aromatic carbocycles. The number of nitrogens with zero attached hydrogens (tertiary/aromatic N) is 2. The van der Waals surface area contributed by atoms with Crippen LogP contribution in [-0.4, -0.2) is 28.4 Å². The monoisotopic (exact) mass is 343 g/mol. The van der Waals surface area contributed by atoms with Gasteiger partial charge in [0.15, 0.2) is 0 Å². The highest BCUT2D eigenvalue weighted by Crippen LogP contribution is 2.23. The Bertz CT molecular complexity index is 870. The van der Waals surface area contributed by atoms with Crippen LogP contribution in [0.4, 0.5) is 0 Å². The van der Waals surface area contributed by atoms with Crippen molar-refractivity contribution in [3.05, 3.63) is 58.2 Å². The van der Waals surface area contributed by atoms with Gasteiger partial charge in [0.05, 0.1) is 19.6 Å². The van der Waals surface area contributed by atoms with Gasteiger partial charge >= 0.3 is 5.97 Å². The third-order valence-corrected chi connectivity index (χ3v) is 4.62. The first-order valence-electron chi connectivity index (χ1n) is 7.43. The van der Waals surface area contributed by atoms with Crippen molar-refractivity contribution in [3.63, 3.8) is 0 Å². The molecule has 0 saturated heterocycles. The third-order valence-electron chi connectivity index (χ3n) is 3.64. The first-order valence-corrected chi connectivity index (χ1v) is 8.31. The van der Waals surface area contributed by atoms with E-state index in [0.717, 1.165) is 10.4 Å². The lowest BCUT2D eigenvalue weighted by atomic mass is 10.1. The normalized spacial score (nSPS) is 12.1. The van der Waals surface area contributed by atoms with Crippen LogP contribution >= 0.6 is 11.3 Å². The molecule has 3 aromatic rings. The summed E-state index contributed by atoms with van der Waals surface area (Å²) in [5.41, 5.74) is 2.09. The summed E-state index contributed by atoms with van der Waals surface area (Å²) in [6.45, 7) is 1.97. The van der Waals surface area contributed by atoms with Crippen molar-refractivity contribution < 1.29 is 14.3 Å². The summed E-state index contributed by atoms with van der Waals surface area (Å²) in [5, 5.41) is 4.77. The Labute approximate surface area is 143 Å². The van der Waals surface area contributed by atoms with Crippen LogP contribution < -0.4 is 5.32 Å². The zero-order valence-electron chi connectivity index (χ0n) is 13.4. The molecule has 0 spiro atoms. The Hall–Kier alpha value is -2.67. The van der Waals surface area contributed by atoms with Gasteiger partial charge < -0.3 is 14.5 Å². The van der Waals surface area contributed by atoms with E-state index in [4.69, 9.17) is 4.74 Å². The van der Waals surface area contributed by atoms with Crippen LogP contribution in [0.1, 0.15) is 33.4 Å². The Morgan fingerprint density at radius 2 is 2.25 bits per heavy atom. The van der Waals surface area contributed by atoms with E-state index in [2.05, 4.69) is 10.3 Å². The number of ether oxygens (including phenoxy) is 1. The molecule has 6 nitrogen and oxygen atoms in total. The van der Waals surface area contributed by atoms with E-state index in [1.807, 2.05) is 42.8 Å². The standard InChI is InChI=1S/C17H17N3O3S/c1-11-5-6-20-10-13(18-15(20)8-11)17(22)19-12(9-16(21)23-2)14-4-3-7-24-14/h3-8,10,12H,9H2,1-2H3,(H,19,22)/t12-/m0/s1. The number of fused-ring (bicyclic) bond motifs is 1. The average molecular weight is 343 g/mol. The minimum Gasteiger partial charge on any atom is -0.469 e. The number of nitrogens with one attached hydrogen (secondary N) is 1. The highest BCUT2D eigenvalue weighted by molar-refractivity contribution is 7.10. The van der Waals surface area contributed by atoms with E-state index in [-0.39, 0.29) is 18.3 Å². The SMILES string of the molecule is COC(=O)C[C@H](NC(=O)c1cn2ccc(C)cc2n1)c1cccs1. The maximum Gasteiger partial charge on any atom is 0.307 e. The van der Waals surface area contributed by atoms with Gasteiger partial charge in [0.25, 0.3) is 5.91 Å². The van der Waals surface area contributed by atoms with Crippen molar-refractivity contribution in [2.45, 2.75) is 19.4 Å². The molecule has 7 heteroatoms. The highest BCUT2D eigenvalue weighted by atomic mass is 32.1. The highest BCUT2D eigenvalue weighted by Gasteiger charge is 2.21. The number of pyridine rings is 1. The predicted octanol–water partition coefficient (Wildman–Crippen LogP) is 2.74. The molecule has 0 aliphatic carbocycles. The van der Waals surface area contributed by atoms with Gasteiger partial charge in [-0.3, -0.25) is 9.59 Å². The number of thiophene rings is 1. The van der Waals surface area contributed by atoms with Crippen molar-refractivity contribution in [1.82, 2.24) is 14.7 Å². The molecule has 1 amide bonds. The number of imidazole rings is 1. The second-order valence-electron chi connectivity index (χ2n) is 5.42. The van der Waals surface area contributed by atoms with Crippen molar-refractivity contribution in [3.8, 4) is 0 Å². The number of carbonyl (C=O) groups excluding carboxylic acids is 2. The molecule has 3 aromatic heterocycles. The topological polar surface area (TPSA) is 72.7 Å². The minimum atomic E-state index is -0.434. The quantitative estimate of drug-likeness (QED) is 0.723. The number of amides is 1. The van der Waals surface area contributed by atoms with Crippen molar-refractivity contribution in [2.75, 3.05) is 7.11 Å². The maximum absolute atomic E-state index is 12.5. The average Bonchev–Trinajstić information content (AvgIpc) is 3.22. The van der Waals surface area contributed by atoms with Crippen LogP contribution in [0.25, 0.3) is 5.65 Å². The number of methoxy groups -OCH3 is 1. The van der Waals surface area contributed by atoms with Crippen LogP contribution in [0.3, 0.4) is 0 Å². The molecule has 3 rings (SSSR count). The molecule has 0 bridgehead atoms. The second kappa shape index (κ2) is 6.84. The van der Waals surface area contributed by atoms with Gasteiger partial charge in [-0.05, 0) is 36.1 Å². The Morgan fingerprint density at radius 3 is 2.96 bits per heavy atom. The fraction of sp³-hybridized carbons (Fsp3) is 0.235. The van der Waals surface area contributed by atoms with Crippen LogP contribution in [0, 0.1) is 6.92 Å². The smallest absolute Gasteiger partial charge is 0.307 e. The molecule has 0 aliphatic heterocycles. The fourth-order valence-electron chi connectivity index (χ4n) is 2.39. The molecule has 0 saturated carbocycles. The van der Waals surface area contributed by atoms with Gasteiger partial charge in [0, 0.05) is 17.3 Å². The summed E-state index contributed by atoms with van der Waals surface area (Å²) in [6.07, 6.45) is 3.61. The lowest BCUT2D eigenvalue weighted by Gasteiger charge is -2.15. The van der Waals surface area contributed by atoms with Gasteiger partial charge in [-0.2, -0.15) is 0 Å². The lowest BCUT2D eigenvalue weighted by Crippen LogP contribution is -2.30. The summed E-state index contributed by atoms with van der Waals surface area (Å²) in [6, 6.07) is 7.18. The van der Waals surface area contributed by atoms with E-state index in [1.165, 1.54) is 18.4 Å². The number of carbonyl (C=O) groups is 2. The second-order valence-corrected chi connectivity index (χ2v) is 6.40. The number of rotatable bonds is 5. The molecule has 1 N–H and O–H groups in total. The predicted molar refractivity (Wildman–Crippen MR) is 91.1 cm³/mol. The van der Waals surface area contributed by atoms with Gasteiger partial charge in [-0.25, -0.2) is 4.98 Å². The largest absolute Gasteiger partial charge is 0.469 e. The lowest BCUT2D eigenvalue weighted by molar-refractivity contribution is -0.141. The summed E-state index contributed by atoms with van der Waals surface area (Å²) in [7, 11) is 1.33. The van der Waals surface area contributed by atoms with Gasteiger partial charge in [-0.1, -0.05) is 6.07 Å². The van der Waals surface area contributed by atoms with Crippen molar-refractivity contribution in [1.29, 1.82) is 0 Å². The molecule has 124 valence electrons. The molecule has 0 fully saturated rings. The van der Waals surface area contributed by atoms with E-state index in [9.17, 15) is 9.59 Å². The molecule has 0 unspecified atom stereocenters. The summed E-state index contributed by atoms with van der Waals surface area (Å²) in [4.78, 5) is 29.4. The first kappa shape index (κ1) is 16.2. The zero-order valence-corrected chi connectivity index (χ0v) is 14.2. The Morgan fingerprint density at radius 1 is 1.42 bits per heavy atom. The van der Waals surface area contributed by atoms with Gasteiger partial charge in [0.1, 0.15) is 11.3 Å². The van der Waals surface area contributed by atoms with Crippen LogP contribution in [0.2, 0.25) is 0 Å². The van der Waals surface area contributed by atoms with Gasteiger partial charge in [0.2, 0.25) is 0 Å². The summed E-state index contributed by atoms with van der Waals surface area (Å²) >= 11 is 1.48. The number of hydrogen-bond donors (Lipinski definition) is 1. The Kier molecular flexibility index (Phi) is 4.61. The van der Waals surface area contributed by atoms with Crippen LogP contribution in [-0.2, 0) is 9.53 Å². The van der Waals surface area contributed by atoms with Gasteiger partial charge in [-0.15, -0.1) is 11.3 Å². The molecule has 3 heterocycles. The Balaban J connectivity index is 1.82. The van der Waals surface area contributed by atoms with Crippen molar-refractivity contribution in [2.24, 2.45) is 0 Å². The molecular formula is C17H17N3O3S. The summed E-state index contributed by atoms with van der Waals surface area (Å²) < 4.78 is 6.52. The number of hydrogen-bond acceptors (Lipinski definition) is 5. The molecule has 1 atom stereocenters. The zero-order chi connectivity index (χ0) is 17.1. The van der Waals surface area contributed by atoms with Crippen molar-refractivity contribution >= 4 is 28.9 Å². The maximum atomic E-state index is 12.5.